The van der Waals surface area contributed by atoms with Gasteiger partial charge in [0.2, 0.25) is 6.79 Å². The summed E-state index contributed by atoms with van der Waals surface area (Å²) in [4.78, 5) is 0. The van der Waals surface area contributed by atoms with Crippen molar-refractivity contribution in [1.82, 2.24) is 0 Å². The third-order valence-corrected chi connectivity index (χ3v) is 12.7. The number of rotatable bonds is 18. The van der Waals surface area contributed by atoms with Crippen LogP contribution in [0.2, 0.25) is 0 Å². The molecule has 1 N–H and O–H groups in total. The van der Waals surface area contributed by atoms with Crippen LogP contribution in [-0.4, -0.2) is 23.8 Å². The molecule has 8 aromatic carbocycles. The number of phenols is 1. The number of halogens is 3. The van der Waals surface area contributed by atoms with Gasteiger partial charge in [-0.25, -0.2) is 8.78 Å². The third-order valence-electron chi connectivity index (χ3n) is 12.1. The van der Waals surface area contributed by atoms with E-state index in [0.717, 1.165) is 74.2 Å². The van der Waals surface area contributed by atoms with Crippen LogP contribution in [0.4, 0.5) is 8.78 Å². The van der Waals surface area contributed by atoms with Crippen LogP contribution in [0.1, 0.15) is 78.3 Å². The molecule has 376 valence electrons. The molecular weight excluding hydrogens is 1010 g/mol. The Morgan fingerprint density at radius 1 is 0.413 bits per heavy atom. The average Bonchev–Trinajstić information content (AvgIpc) is 3.43. The number of hydrogen-bond donors (Lipinski definition) is 1. The van der Waals surface area contributed by atoms with Gasteiger partial charge in [0.05, 0.1) is 41.0 Å². The molecule has 0 heterocycles. The Hall–Kier alpha value is -8.74. The summed E-state index contributed by atoms with van der Waals surface area (Å²) in [6.45, 7) is 4.73. The van der Waals surface area contributed by atoms with Crippen LogP contribution in [0.25, 0.3) is 44.5 Å². The maximum absolute atomic E-state index is 13.8. The minimum atomic E-state index is -0.538. The molecule has 0 fully saturated rings. The van der Waals surface area contributed by atoms with E-state index in [1.54, 1.807) is 42.5 Å². The standard InChI is InChI=1S/C28H19FN2O2.C22H25BrFNO.C14H11NO/c1-19-14-20(16-30)2-13-27(19)22-7-11-26(12-8-22)33-18-32-25-9-5-21(6-10-25)23-3-4-24(17-31)28(29)15-23;23-14-6-4-2-1-3-5-7-15-26-21-12-10-18(11-13-21)19-8-9-20(17-25)22(24)16-19;1-10-8-11(9-15)2-7-14(10)12-3-5-13(16)6-4-12/h2-15H,18H2,1H3;8-13,16H,1-7,14-15H2;2-8,16H,1H3. The van der Waals surface area contributed by atoms with Gasteiger partial charge in [-0.15, -0.1) is 0 Å². The average molecular weight is 1060 g/mol. The fourth-order valence-electron chi connectivity index (χ4n) is 7.98. The molecular formula is C64H55BrF2N4O4. The number of aryl methyl sites for hydroxylation is 2. The van der Waals surface area contributed by atoms with E-state index in [4.69, 9.17) is 35.3 Å². The largest absolute Gasteiger partial charge is 0.508 e. The molecule has 0 bridgehead atoms. The van der Waals surface area contributed by atoms with Crippen molar-refractivity contribution in [2.75, 3.05) is 18.7 Å². The summed E-state index contributed by atoms with van der Waals surface area (Å²) in [6.07, 6.45) is 8.77. The van der Waals surface area contributed by atoms with E-state index in [1.165, 1.54) is 62.8 Å². The van der Waals surface area contributed by atoms with Gasteiger partial charge in [0, 0.05) is 5.33 Å². The lowest BCUT2D eigenvalue weighted by molar-refractivity contribution is 0.120. The molecule has 0 saturated carbocycles. The molecule has 0 aliphatic heterocycles. The lowest BCUT2D eigenvalue weighted by atomic mass is 9.99. The number of benzene rings is 8. The van der Waals surface area contributed by atoms with Gasteiger partial charge in [-0.2, -0.15) is 21.0 Å². The minimum Gasteiger partial charge on any atom is -0.508 e. The highest BCUT2D eigenvalue weighted by Crippen LogP contribution is 2.29. The first-order chi connectivity index (χ1) is 36.5. The number of alkyl halides is 1. The molecule has 8 rings (SSSR count). The van der Waals surface area contributed by atoms with Crippen molar-refractivity contribution < 1.29 is 28.1 Å². The Morgan fingerprint density at radius 3 is 1.17 bits per heavy atom. The molecule has 0 atom stereocenters. The first-order valence-corrected chi connectivity index (χ1v) is 25.6. The summed E-state index contributed by atoms with van der Waals surface area (Å²) in [5.41, 5.74) is 10.9. The van der Waals surface area contributed by atoms with Crippen LogP contribution >= 0.6 is 15.9 Å². The quantitative estimate of drug-likeness (QED) is 0.0508. The van der Waals surface area contributed by atoms with Crippen molar-refractivity contribution in [3.05, 3.63) is 215 Å². The molecule has 0 radical (unpaired) electrons. The van der Waals surface area contributed by atoms with Crippen molar-refractivity contribution in [1.29, 1.82) is 21.0 Å². The maximum atomic E-state index is 13.8. The van der Waals surface area contributed by atoms with E-state index in [9.17, 15) is 13.9 Å². The predicted molar refractivity (Wildman–Crippen MR) is 295 cm³/mol. The number of unbranched alkanes of at least 4 members (excludes halogenated alkanes) is 6. The molecule has 0 amide bonds. The van der Waals surface area contributed by atoms with E-state index in [1.807, 2.05) is 129 Å². The molecule has 8 nitrogen and oxygen atoms in total. The normalized spacial score (nSPS) is 10.2. The highest BCUT2D eigenvalue weighted by atomic mass is 79.9. The summed E-state index contributed by atoms with van der Waals surface area (Å²) in [7, 11) is 0. The molecule has 11 heteroatoms. The van der Waals surface area contributed by atoms with Crippen molar-refractivity contribution in [3.63, 3.8) is 0 Å². The fraction of sp³-hybridized carbons (Fsp3) is 0.188. The highest BCUT2D eigenvalue weighted by Gasteiger charge is 2.09. The third kappa shape index (κ3) is 16.9. The summed E-state index contributed by atoms with van der Waals surface area (Å²) in [5, 5.41) is 45.8. The zero-order chi connectivity index (χ0) is 53.4. The van der Waals surface area contributed by atoms with Gasteiger partial charge in [-0.1, -0.05) is 121 Å². The summed E-state index contributed by atoms with van der Waals surface area (Å²) in [6, 6.07) is 57.9. The van der Waals surface area contributed by atoms with Crippen molar-refractivity contribution >= 4 is 15.9 Å². The topological polar surface area (TPSA) is 143 Å². The van der Waals surface area contributed by atoms with Crippen molar-refractivity contribution in [2.45, 2.75) is 58.8 Å². The smallest absolute Gasteiger partial charge is 0.230 e. The number of hydrogen-bond acceptors (Lipinski definition) is 8. The van der Waals surface area contributed by atoms with Crippen LogP contribution in [-0.2, 0) is 0 Å². The van der Waals surface area contributed by atoms with Gasteiger partial charge < -0.3 is 19.3 Å². The van der Waals surface area contributed by atoms with Gasteiger partial charge >= 0.3 is 0 Å². The Morgan fingerprint density at radius 2 is 0.787 bits per heavy atom. The zero-order valence-corrected chi connectivity index (χ0v) is 43.4. The molecule has 0 aromatic heterocycles. The summed E-state index contributed by atoms with van der Waals surface area (Å²) >= 11 is 3.46. The zero-order valence-electron chi connectivity index (χ0n) is 41.8. The molecule has 0 aliphatic carbocycles. The fourth-order valence-corrected chi connectivity index (χ4v) is 8.38. The predicted octanol–water partition coefficient (Wildman–Crippen LogP) is 16.7. The van der Waals surface area contributed by atoms with Gasteiger partial charge in [-0.05, 0) is 179 Å². The van der Waals surface area contributed by atoms with Crippen molar-refractivity contribution in [2.24, 2.45) is 0 Å². The molecule has 0 spiro atoms. The number of phenolic OH excluding ortho intramolecular Hbond substituents is 1. The SMILES string of the molecule is Cc1cc(C#N)ccc1-c1ccc(O)cc1.Cc1cc(C#N)ccc1-c1ccc(OCOc2ccc(-c3ccc(C#N)c(F)c3)cc2)cc1.N#Cc1ccc(-c2ccc(OCCCCCCCCCBr)cc2)cc1F. The lowest BCUT2D eigenvalue weighted by Crippen LogP contribution is -2.05. The van der Waals surface area contributed by atoms with Gasteiger partial charge in [0.25, 0.3) is 0 Å². The molecule has 0 saturated heterocycles. The second kappa shape index (κ2) is 29.1. The van der Waals surface area contributed by atoms with Crippen LogP contribution in [0.15, 0.2) is 170 Å². The number of nitriles is 4. The molecule has 75 heavy (non-hydrogen) atoms. The monoisotopic (exact) mass is 1060 g/mol. The molecule has 0 aliphatic rings. The van der Waals surface area contributed by atoms with Crippen molar-refractivity contribution in [3.8, 4) is 91.8 Å². The van der Waals surface area contributed by atoms with Gasteiger partial charge in [-0.3, -0.25) is 0 Å². The second-order valence-corrected chi connectivity index (χ2v) is 18.2. The molecule has 8 aromatic rings. The van der Waals surface area contributed by atoms with Crippen LogP contribution in [0.5, 0.6) is 23.0 Å². The maximum Gasteiger partial charge on any atom is 0.230 e. The Balaban J connectivity index is 0.000000194. The minimum absolute atomic E-state index is 0.0240. The van der Waals surface area contributed by atoms with Gasteiger partial charge in [0.1, 0.15) is 46.8 Å². The Kier molecular flexibility index (Phi) is 21.5. The molecule has 0 unspecified atom stereocenters. The highest BCUT2D eigenvalue weighted by molar-refractivity contribution is 9.09. The van der Waals surface area contributed by atoms with E-state index >= 15 is 0 Å². The number of ether oxygens (including phenoxy) is 3. The van der Waals surface area contributed by atoms with E-state index in [0.29, 0.717) is 28.2 Å². The van der Waals surface area contributed by atoms with E-state index in [2.05, 4.69) is 28.1 Å². The summed E-state index contributed by atoms with van der Waals surface area (Å²) < 4.78 is 44.7. The van der Waals surface area contributed by atoms with E-state index in [-0.39, 0.29) is 23.7 Å². The van der Waals surface area contributed by atoms with Crippen LogP contribution in [0.3, 0.4) is 0 Å². The van der Waals surface area contributed by atoms with Gasteiger partial charge in [0.15, 0.2) is 0 Å². The lowest BCUT2D eigenvalue weighted by Gasteiger charge is -2.11. The van der Waals surface area contributed by atoms with E-state index < -0.39 is 11.6 Å². The Bertz CT molecular complexity index is 3300. The van der Waals surface area contributed by atoms with Crippen LogP contribution < -0.4 is 14.2 Å². The number of nitrogens with zero attached hydrogens (tertiary/aromatic N) is 4. The second-order valence-electron chi connectivity index (χ2n) is 17.4. The first kappa shape index (κ1) is 55.6. The Labute approximate surface area is 447 Å². The number of aromatic hydroxyl groups is 1. The first-order valence-electron chi connectivity index (χ1n) is 24.5. The summed E-state index contributed by atoms with van der Waals surface area (Å²) in [5.74, 6) is 1.37. The van der Waals surface area contributed by atoms with Crippen LogP contribution in [0, 0.1) is 70.8 Å².